The van der Waals surface area contributed by atoms with Crippen LogP contribution in [0.15, 0.2) is 42.5 Å². The van der Waals surface area contributed by atoms with E-state index in [1.165, 1.54) is 5.56 Å². The minimum absolute atomic E-state index is 0.0320. The number of hydrogen-bond acceptors (Lipinski definition) is 2. The third kappa shape index (κ3) is 3.49. The van der Waals surface area contributed by atoms with Crippen LogP contribution in [-0.2, 0) is 6.42 Å². The molecule has 0 amide bonds. The van der Waals surface area contributed by atoms with Gasteiger partial charge < -0.3 is 10.5 Å². The van der Waals surface area contributed by atoms with Gasteiger partial charge in [-0.25, -0.2) is 0 Å². The van der Waals surface area contributed by atoms with Gasteiger partial charge in [0.05, 0.1) is 5.02 Å². The summed E-state index contributed by atoms with van der Waals surface area (Å²) in [5.41, 5.74) is 8.10. The molecule has 0 fully saturated rings. The first-order valence-corrected chi connectivity index (χ1v) is 6.79. The van der Waals surface area contributed by atoms with E-state index in [-0.39, 0.29) is 6.04 Å². The van der Waals surface area contributed by atoms with Gasteiger partial charge in [0.1, 0.15) is 11.5 Å². The molecule has 0 aliphatic heterocycles. The van der Waals surface area contributed by atoms with Crippen molar-refractivity contribution >= 4 is 11.6 Å². The first kappa shape index (κ1) is 13.9. The van der Waals surface area contributed by atoms with Crippen molar-refractivity contribution in [3.8, 4) is 11.5 Å². The summed E-state index contributed by atoms with van der Waals surface area (Å²) in [5, 5.41) is 0.578. The van der Waals surface area contributed by atoms with Gasteiger partial charge in [-0.2, -0.15) is 0 Å². The Morgan fingerprint density at radius 2 is 1.84 bits per heavy atom. The van der Waals surface area contributed by atoms with Crippen LogP contribution in [0.3, 0.4) is 0 Å². The molecule has 1 unspecified atom stereocenters. The lowest BCUT2D eigenvalue weighted by Crippen LogP contribution is -2.04. The van der Waals surface area contributed by atoms with E-state index in [1.54, 1.807) is 0 Å². The van der Waals surface area contributed by atoms with Gasteiger partial charge in [0.25, 0.3) is 0 Å². The minimum Gasteiger partial charge on any atom is -0.456 e. The van der Waals surface area contributed by atoms with Crippen molar-refractivity contribution in [3.05, 3.63) is 58.6 Å². The largest absolute Gasteiger partial charge is 0.456 e. The van der Waals surface area contributed by atoms with Crippen LogP contribution in [0.25, 0.3) is 0 Å². The van der Waals surface area contributed by atoms with Gasteiger partial charge in [0.15, 0.2) is 0 Å². The minimum atomic E-state index is -0.0320. The van der Waals surface area contributed by atoms with Crippen molar-refractivity contribution in [2.45, 2.75) is 26.3 Å². The van der Waals surface area contributed by atoms with Gasteiger partial charge in [-0.1, -0.05) is 36.7 Å². The predicted molar refractivity (Wildman–Crippen MR) is 79.9 cm³/mol. The normalized spacial score (nSPS) is 12.2. The standard InChI is InChI=1S/C16H18ClNO/c1-3-12-4-7-14(8-5-12)19-16-9-6-13(11(2)18)10-15(16)17/h4-11H,3,18H2,1-2H3. The van der Waals surface area contributed by atoms with Crippen LogP contribution >= 0.6 is 11.6 Å². The van der Waals surface area contributed by atoms with E-state index in [9.17, 15) is 0 Å². The average Bonchev–Trinajstić information content (AvgIpc) is 2.41. The van der Waals surface area contributed by atoms with E-state index < -0.39 is 0 Å². The van der Waals surface area contributed by atoms with Gasteiger partial charge in [0, 0.05) is 6.04 Å². The fourth-order valence-corrected chi connectivity index (χ4v) is 2.03. The Labute approximate surface area is 119 Å². The molecule has 0 aliphatic carbocycles. The molecule has 3 heteroatoms. The highest BCUT2D eigenvalue weighted by Crippen LogP contribution is 2.31. The molecule has 2 N–H and O–H groups in total. The first-order chi connectivity index (χ1) is 9.10. The Bertz CT molecular complexity index is 549. The molecule has 0 radical (unpaired) electrons. The van der Waals surface area contributed by atoms with E-state index in [0.717, 1.165) is 17.7 Å². The summed E-state index contributed by atoms with van der Waals surface area (Å²) in [5.74, 6) is 1.43. The van der Waals surface area contributed by atoms with Crippen LogP contribution in [0.2, 0.25) is 5.02 Å². The first-order valence-electron chi connectivity index (χ1n) is 6.42. The molecule has 2 aromatic carbocycles. The van der Waals surface area contributed by atoms with Gasteiger partial charge in [-0.05, 0) is 48.7 Å². The quantitative estimate of drug-likeness (QED) is 0.877. The fraction of sp³-hybridized carbons (Fsp3) is 0.250. The number of hydrogen-bond donors (Lipinski definition) is 1. The Balaban J connectivity index is 2.18. The van der Waals surface area contributed by atoms with E-state index in [2.05, 4.69) is 19.1 Å². The molecule has 2 rings (SSSR count). The molecule has 2 nitrogen and oxygen atoms in total. The van der Waals surface area contributed by atoms with Crippen LogP contribution in [0.4, 0.5) is 0 Å². The second kappa shape index (κ2) is 6.09. The maximum absolute atomic E-state index is 6.20. The highest BCUT2D eigenvalue weighted by Gasteiger charge is 2.07. The molecule has 2 aromatic rings. The van der Waals surface area contributed by atoms with Crippen LogP contribution in [0, 0.1) is 0 Å². The van der Waals surface area contributed by atoms with Crippen molar-refractivity contribution in [3.63, 3.8) is 0 Å². The van der Waals surface area contributed by atoms with E-state index in [1.807, 2.05) is 37.3 Å². The molecule has 0 bridgehead atoms. The number of nitrogens with two attached hydrogens (primary N) is 1. The zero-order chi connectivity index (χ0) is 13.8. The lowest BCUT2D eigenvalue weighted by atomic mass is 10.1. The van der Waals surface area contributed by atoms with Crippen molar-refractivity contribution in [1.29, 1.82) is 0 Å². The Morgan fingerprint density at radius 1 is 1.16 bits per heavy atom. The second-order valence-corrected chi connectivity index (χ2v) is 4.99. The van der Waals surface area contributed by atoms with Gasteiger partial charge >= 0.3 is 0 Å². The van der Waals surface area contributed by atoms with E-state index >= 15 is 0 Å². The summed E-state index contributed by atoms with van der Waals surface area (Å²) in [6.07, 6.45) is 1.02. The molecule has 1 atom stereocenters. The highest BCUT2D eigenvalue weighted by atomic mass is 35.5. The van der Waals surface area contributed by atoms with Gasteiger partial charge in [-0.3, -0.25) is 0 Å². The summed E-state index contributed by atoms with van der Waals surface area (Å²) in [6.45, 7) is 4.05. The lowest BCUT2D eigenvalue weighted by Gasteiger charge is -2.11. The molecule has 19 heavy (non-hydrogen) atoms. The zero-order valence-electron chi connectivity index (χ0n) is 11.2. The molecule has 0 saturated heterocycles. The maximum Gasteiger partial charge on any atom is 0.146 e. The van der Waals surface area contributed by atoms with Crippen molar-refractivity contribution in [2.75, 3.05) is 0 Å². The summed E-state index contributed by atoms with van der Waals surface area (Å²) < 4.78 is 5.77. The number of rotatable bonds is 4. The van der Waals surface area contributed by atoms with Gasteiger partial charge in [-0.15, -0.1) is 0 Å². The predicted octanol–water partition coefficient (Wildman–Crippen LogP) is 4.71. The Hall–Kier alpha value is -1.51. The molecule has 100 valence electrons. The molecule has 0 spiro atoms. The number of halogens is 1. The van der Waals surface area contributed by atoms with E-state index in [0.29, 0.717) is 10.8 Å². The molecule has 0 aliphatic rings. The number of ether oxygens (including phenoxy) is 1. The smallest absolute Gasteiger partial charge is 0.146 e. The Kier molecular flexibility index (Phi) is 4.46. The third-order valence-corrected chi connectivity index (χ3v) is 3.34. The molecular formula is C16H18ClNO. The van der Waals surface area contributed by atoms with E-state index in [4.69, 9.17) is 22.1 Å². The second-order valence-electron chi connectivity index (χ2n) is 4.58. The maximum atomic E-state index is 6.20. The lowest BCUT2D eigenvalue weighted by molar-refractivity contribution is 0.482. The summed E-state index contributed by atoms with van der Waals surface area (Å²) in [6, 6.07) is 13.6. The van der Waals surface area contributed by atoms with Crippen LogP contribution < -0.4 is 10.5 Å². The van der Waals surface area contributed by atoms with Crippen LogP contribution in [0.1, 0.15) is 31.0 Å². The Morgan fingerprint density at radius 3 is 2.37 bits per heavy atom. The summed E-state index contributed by atoms with van der Waals surface area (Å²) >= 11 is 6.20. The molecule has 0 aromatic heterocycles. The van der Waals surface area contributed by atoms with Crippen molar-refractivity contribution in [2.24, 2.45) is 5.73 Å². The molecular weight excluding hydrogens is 258 g/mol. The zero-order valence-corrected chi connectivity index (χ0v) is 11.9. The van der Waals surface area contributed by atoms with Crippen molar-refractivity contribution in [1.82, 2.24) is 0 Å². The summed E-state index contributed by atoms with van der Waals surface area (Å²) in [4.78, 5) is 0. The molecule has 0 heterocycles. The van der Waals surface area contributed by atoms with Gasteiger partial charge in [0.2, 0.25) is 0 Å². The summed E-state index contributed by atoms with van der Waals surface area (Å²) in [7, 11) is 0. The topological polar surface area (TPSA) is 35.2 Å². The average molecular weight is 276 g/mol. The fourth-order valence-electron chi connectivity index (χ4n) is 1.80. The third-order valence-electron chi connectivity index (χ3n) is 3.04. The van der Waals surface area contributed by atoms with Crippen molar-refractivity contribution < 1.29 is 4.74 Å². The number of aryl methyl sites for hydroxylation is 1. The van der Waals surface area contributed by atoms with Crippen LogP contribution in [0.5, 0.6) is 11.5 Å². The molecule has 0 saturated carbocycles. The highest BCUT2D eigenvalue weighted by molar-refractivity contribution is 6.32. The van der Waals surface area contributed by atoms with Crippen LogP contribution in [-0.4, -0.2) is 0 Å². The number of benzene rings is 2. The monoisotopic (exact) mass is 275 g/mol. The SMILES string of the molecule is CCc1ccc(Oc2ccc(C(C)N)cc2Cl)cc1.